The van der Waals surface area contributed by atoms with Gasteiger partial charge in [0, 0.05) is 13.1 Å². The van der Waals surface area contributed by atoms with E-state index in [-0.39, 0.29) is 11.8 Å². The molecule has 6 nitrogen and oxygen atoms in total. The second-order valence-electron chi connectivity index (χ2n) is 4.64. The summed E-state index contributed by atoms with van der Waals surface area (Å²) in [4.78, 5) is 20.7. The zero-order chi connectivity index (χ0) is 13.1. The lowest BCUT2D eigenvalue weighted by atomic mass is 9.92. The molecule has 1 aliphatic rings. The van der Waals surface area contributed by atoms with Gasteiger partial charge in [0.1, 0.15) is 5.82 Å². The number of carbonyl (C=O) groups is 1. The van der Waals surface area contributed by atoms with Crippen LogP contribution in [-0.2, 0) is 0 Å². The fraction of sp³-hybridized carbons (Fsp3) is 0.583. The first kappa shape index (κ1) is 12.8. The molecule has 1 aromatic heterocycles. The number of aromatic carboxylic acids is 1. The van der Waals surface area contributed by atoms with Crippen molar-refractivity contribution in [2.24, 2.45) is 0 Å². The Labute approximate surface area is 105 Å². The molecule has 98 valence electrons. The first-order valence-electron chi connectivity index (χ1n) is 6.04. The SMILES string of the molecule is CN(c1cnc(C(=O)O)cn1)C1CCC(O)CC1. The predicted molar refractivity (Wildman–Crippen MR) is 65.7 cm³/mol. The molecule has 18 heavy (non-hydrogen) atoms. The Morgan fingerprint density at radius 1 is 1.28 bits per heavy atom. The van der Waals surface area contributed by atoms with E-state index in [0.717, 1.165) is 25.7 Å². The van der Waals surface area contributed by atoms with Crippen molar-refractivity contribution < 1.29 is 15.0 Å². The molecule has 1 aliphatic carbocycles. The van der Waals surface area contributed by atoms with Crippen molar-refractivity contribution in [2.75, 3.05) is 11.9 Å². The van der Waals surface area contributed by atoms with E-state index < -0.39 is 5.97 Å². The highest BCUT2D eigenvalue weighted by molar-refractivity contribution is 5.84. The average Bonchev–Trinajstić information content (AvgIpc) is 2.39. The van der Waals surface area contributed by atoms with Crippen LogP contribution in [0.25, 0.3) is 0 Å². The van der Waals surface area contributed by atoms with Gasteiger partial charge >= 0.3 is 5.97 Å². The first-order chi connectivity index (χ1) is 8.58. The monoisotopic (exact) mass is 251 g/mol. The van der Waals surface area contributed by atoms with Crippen LogP contribution < -0.4 is 4.90 Å². The first-order valence-corrected chi connectivity index (χ1v) is 6.04. The van der Waals surface area contributed by atoms with E-state index in [2.05, 4.69) is 9.97 Å². The molecule has 0 aliphatic heterocycles. The van der Waals surface area contributed by atoms with E-state index in [9.17, 15) is 9.90 Å². The van der Waals surface area contributed by atoms with Crippen LogP contribution in [0.15, 0.2) is 12.4 Å². The molecule has 0 aromatic carbocycles. The molecule has 0 bridgehead atoms. The fourth-order valence-electron chi connectivity index (χ4n) is 2.25. The van der Waals surface area contributed by atoms with E-state index in [1.807, 2.05) is 11.9 Å². The van der Waals surface area contributed by atoms with E-state index >= 15 is 0 Å². The van der Waals surface area contributed by atoms with Gasteiger partial charge < -0.3 is 15.1 Å². The van der Waals surface area contributed by atoms with Crippen molar-refractivity contribution >= 4 is 11.8 Å². The Morgan fingerprint density at radius 2 is 1.94 bits per heavy atom. The quantitative estimate of drug-likeness (QED) is 0.830. The minimum absolute atomic E-state index is 0.0498. The molecule has 2 rings (SSSR count). The zero-order valence-electron chi connectivity index (χ0n) is 10.3. The highest BCUT2D eigenvalue weighted by Gasteiger charge is 2.23. The Hall–Kier alpha value is -1.69. The number of hydrogen-bond donors (Lipinski definition) is 2. The van der Waals surface area contributed by atoms with Gasteiger partial charge in [0.15, 0.2) is 5.69 Å². The Kier molecular flexibility index (Phi) is 3.76. The van der Waals surface area contributed by atoms with Crippen molar-refractivity contribution in [3.8, 4) is 0 Å². The third-order valence-corrected chi connectivity index (χ3v) is 3.43. The lowest BCUT2D eigenvalue weighted by Crippen LogP contribution is -2.36. The highest BCUT2D eigenvalue weighted by Crippen LogP contribution is 2.24. The molecule has 1 heterocycles. The van der Waals surface area contributed by atoms with Crippen LogP contribution >= 0.6 is 0 Å². The zero-order valence-corrected chi connectivity index (χ0v) is 10.3. The summed E-state index contributed by atoms with van der Waals surface area (Å²) in [5, 5.41) is 18.2. The molecule has 0 unspecified atom stereocenters. The summed E-state index contributed by atoms with van der Waals surface area (Å²) in [6.07, 6.45) is 6.00. The van der Waals surface area contributed by atoms with Gasteiger partial charge in [-0.1, -0.05) is 0 Å². The van der Waals surface area contributed by atoms with Crippen molar-refractivity contribution in [1.29, 1.82) is 0 Å². The number of carboxylic acids is 1. The van der Waals surface area contributed by atoms with Gasteiger partial charge in [0.05, 0.1) is 18.5 Å². The maximum absolute atomic E-state index is 10.7. The second-order valence-corrected chi connectivity index (χ2v) is 4.64. The second kappa shape index (κ2) is 5.30. The summed E-state index contributed by atoms with van der Waals surface area (Å²) >= 11 is 0. The van der Waals surface area contributed by atoms with Crippen molar-refractivity contribution in [1.82, 2.24) is 9.97 Å². The molecule has 6 heteroatoms. The molecular weight excluding hydrogens is 234 g/mol. The maximum Gasteiger partial charge on any atom is 0.356 e. The van der Waals surface area contributed by atoms with Crippen LogP contribution in [-0.4, -0.2) is 45.3 Å². The molecule has 1 aromatic rings. The summed E-state index contributed by atoms with van der Waals surface area (Å²) < 4.78 is 0. The van der Waals surface area contributed by atoms with Crippen LogP contribution in [0.2, 0.25) is 0 Å². The number of hydrogen-bond acceptors (Lipinski definition) is 5. The standard InChI is InChI=1S/C12H17N3O3/c1-15(8-2-4-9(16)5-3-8)11-7-13-10(6-14-11)12(17)18/h6-9,16H,2-5H2,1H3,(H,17,18). The largest absolute Gasteiger partial charge is 0.476 e. The molecule has 0 spiro atoms. The van der Waals surface area contributed by atoms with Crippen molar-refractivity contribution in [2.45, 2.75) is 37.8 Å². The van der Waals surface area contributed by atoms with Gasteiger partial charge in [-0.15, -0.1) is 0 Å². The van der Waals surface area contributed by atoms with Crippen molar-refractivity contribution in [3.05, 3.63) is 18.1 Å². The molecule has 1 fully saturated rings. The minimum Gasteiger partial charge on any atom is -0.476 e. The van der Waals surface area contributed by atoms with Gasteiger partial charge in [-0.05, 0) is 25.7 Å². The number of nitrogens with zero attached hydrogens (tertiary/aromatic N) is 3. The number of carboxylic acid groups (broad SMARTS) is 1. The van der Waals surface area contributed by atoms with Gasteiger partial charge in [-0.2, -0.15) is 0 Å². The molecule has 2 N–H and O–H groups in total. The highest BCUT2D eigenvalue weighted by atomic mass is 16.4. The topological polar surface area (TPSA) is 86.6 Å². The van der Waals surface area contributed by atoms with Crippen LogP contribution in [0.1, 0.15) is 36.2 Å². The number of aliphatic hydroxyl groups excluding tert-OH is 1. The number of anilines is 1. The lowest BCUT2D eigenvalue weighted by molar-refractivity contribution is 0.0690. The van der Waals surface area contributed by atoms with Gasteiger partial charge in [0.25, 0.3) is 0 Å². The summed E-state index contributed by atoms with van der Waals surface area (Å²) in [6.45, 7) is 0. The smallest absolute Gasteiger partial charge is 0.356 e. The average molecular weight is 251 g/mol. The minimum atomic E-state index is -1.07. The van der Waals surface area contributed by atoms with Crippen LogP contribution in [0.4, 0.5) is 5.82 Å². The summed E-state index contributed by atoms with van der Waals surface area (Å²) in [7, 11) is 1.92. The van der Waals surface area contributed by atoms with E-state index in [0.29, 0.717) is 11.9 Å². The van der Waals surface area contributed by atoms with Gasteiger partial charge in [-0.25, -0.2) is 14.8 Å². The van der Waals surface area contributed by atoms with Crippen LogP contribution in [0.3, 0.4) is 0 Å². The lowest BCUT2D eigenvalue weighted by Gasteiger charge is -2.33. The fourth-order valence-corrected chi connectivity index (χ4v) is 2.25. The summed E-state index contributed by atoms with van der Waals surface area (Å²) in [5.41, 5.74) is -0.0498. The number of rotatable bonds is 3. The van der Waals surface area contributed by atoms with E-state index in [1.165, 1.54) is 12.4 Å². The summed E-state index contributed by atoms with van der Waals surface area (Å²) in [5.74, 6) is -0.404. The molecule has 0 amide bonds. The third kappa shape index (κ3) is 2.76. The Balaban J connectivity index is 2.04. The molecule has 0 radical (unpaired) electrons. The van der Waals surface area contributed by atoms with Gasteiger partial charge in [0.2, 0.25) is 0 Å². The summed E-state index contributed by atoms with van der Waals surface area (Å²) in [6, 6.07) is 0.332. The van der Waals surface area contributed by atoms with Crippen molar-refractivity contribution in [3.63, 3.8) is 0 Å². The van der Waals surface area contributed by atoms with Crippen LogP contribution in [0.5, 0.6) is 0 Å². The van der Waals surface area contributed by atoms with E-state index in [4.69, 9.17) is 5.11 Å². The predicted octanol–water partition coefficient (Wildman–Crippen LogP) is 0.914. The van der Waals surface area contributed by atoms with Gasteiger partial charge in [-0.3, -0.25) is 0 Å². The molecule has 1 saturated carbocycles. The van der Waals surface area contributed by atoms with Crippen LogP contribution in [0, 0.1) is 0 Å². The molecule has 0 saturated heterocycles. The number of aromatic nitrogens is 2. The molecular formula is C12H17N3O3. The van der Waals surface area contributed by atoms with E-state index in [1.54, 1.807) is 0 Å². The number of aliphatic hydroxyl groups is 1. The normalized spacial score (nSPS) is 23.7. The Morgan fingerprint density at radius 3 is 2.44 bits per heavy atom. The Bertz CT molecular complexity index is 413. The third-order valence-electron chi connectivity index (χ3n) is 3.43. The maximum atomic E-state index is 10.7. The molecule has 0 atom stereocenters.